The molecule has 0 saturated carbocycles. The summed E-state index contributed by atoms with van der Waals surface area (Å²) in [5, 5.41) is 3.13. The molecule has 1 heterocycles. The summed E-state index contributed by atoms with van der Waals surface area (Å²) >= 11 is 0. The number of nitrogens with zero attached hydrogens (tertiary/aromatic N) is 1. The van der Waals surface area contributed by atoms with Crippen LogP contribution in [0.4, 0.5) is 8.78 Å². The number of hydrogen-bond donors (Lipinski definition) is 1. The van der Waals surface area contributed by atoms with E-state index < -0.39 is 17.7 Å². The fourth-order valence-electron chi connectivity index (χ4n) is 3.24. The molecule has 3 nitrogen and oxygen atoms in total. The molecule has 0 bridgehead atoms. The monoisotopic (exact) mass is 298 g/mol. The molecule has 2 rings (SSSR count). The van der Waals surface area contributed by atoms with E-state index in [1.165, 1.54) is 18.2 Å². The molecular formula is C16H24F2N2O. The van der Waals surface area contributed by atoms with Crippen LogP contribution < -0.4 is 5.32 Å². The summed E-state index contributed by atoms with van der Waals surface area (Å²) in [4.78, 5) is 2.27. The van der Waals surface area contributed by atoms with Crippen LogP contribution in [0.1, 0.15) is 31.9 Å². The Bertz CT molecular complexity index is 457. The fraction of sp³-hybridized carbons (Fsp3) is 0.625. The van der Waals surface area contributed by atoms with Crippen LogP contribution in [0, 0.1) is 11.6 Å². The SMILES string of the molecule is CCC(C)(C(NC)c1c(F)cccc1F)N1CCOCC1. The molecule has 0 aliphatic carbocycles. The molecule has 2 unspecified atom stereocenters. The maximum atomic E-state index is 14.2. The Kier molecular flexibility index (Phi) is 5.30. The van der Waals surface area contributed by atoms with Crippen LogP contribution >= 0.6 is 0 Å². The van der Waals surface area contributed by atoms with Crippen molar-refractivity contribution in [1.82, 2.24) is 10.2 Å². The number of nitrogens with one attached hydrogen (secondary N) is 1. The van der Waals surface area contributed by atoms with Gasteiger partial charge in [-0.05, 0) is 32.5 Å². The molecule has 0 spiro atoms. The molecule has 0 aromatic heterocycles. The van der Waals surface area contributed by atoms with Crippen molar-refractivity contribution >= 4 is 0 Å². The molecule has 118 valence electrons. The van der Waals surface area contributed by atoms with Crippen LogP contribution in [-0.4, -0.2) is 43.8 Å². The molecule has 1 aliphatic rings. The molecule has 0 amide bonds. The predicted molar refractivity (Wildman–Crippen MR) is 79.2 cm³/mol. The van der Waals surface area contributed by atoms with Crippen LogP contribution in [0.3, 0.4) is 0 Å². The lowest BCUT2D eigenvalue weighted by molar-refractivity contribution is -0.0328. The second kappa shape index (κ2) is 6.81. The highest BCUT2D eigenvalue weighted by Gasteiger charge is 2.41. The zero-order valence-electron chi connectivity index (χ0n) is 13.0. The highest BCUT2D eigenvalue weighted by atomic mass is 19.1. The lowest BCUT2D eigenvalue weighted by Crippen LogP contribution is -2.57. The molecule has 1 aromatic rings. The number of rotatable bonds is 5. The largest absolute Gasteiger partial charge is 0.379 e. The smallest absolute Gasteiger partial charge is 0.130 e. The Labute approximate surface area is 125 Å². The average molecular weight is 298 g/mol. The third-order valence-electron chi connectivity index (χ3n) is 4.65. The van der Waals surface area contributed by atoms with Gasteiger partial charge in [-0.15, -0.1) is 0 Å². The number of benzene rings is 1. The van der Waals surface area contributed by atoms with Gasteiger partial charge in [-0.2, -0.15) is 0 Å². The van der Waals surface area contributed by atoms with Crippen LogP contribution in [-0.2, 0) is 4.74 Å². The van der Waals surface area contributed by atoms with E-state index >= 15 is 0 Å². The summed E-state index contributed by atoms with van der Waals surface area (Å²) in [6.45, 7) is 6.98. The summed E-state index contributed by atoms with van der Waals surface area (Å²) in [5.74, 6) is -0.996. The van der Waals surface area contributed by atoms with Crippen molar-refractivity contribution in [2.24, 2.45) is 0 Å². The van der Waals surface area contributed by atoms with E-state index in [1.807, 2.05) is 0 Å². The normalized spacial score (nSPS) is 21.0. The molecule has 1 aliphatic heterocycles. The zero-order valence-corrected chi connectivity index (χ0v) is 13.0. The molecular weight excluding hydrogens is 274 g/mol. The van der Waals surface area contributed by atoms with Gasteiger partial charge >= 0.3 is 0 Å². The van der Waals surface area contributed by atoms with Gasteiger partial charge in [-0.25, -0.2) is 8.78 Å². The highest BCUT2D eigenvalue weighted by Crippen LogP contribution is 2.36. The van der Waals surface area contributed by atoms with Gasteiger partial charge in [0.05, 0.1) is 19.3 Å². The second-order valence-corrected chi connectivity index (χ2v) is 5.67. The van der Waals surface area contributed by atoms with E-state index in [-0.39, 0.29) is 11.1 Å². The molecule has 21 heavy (non-hydrogen) atoms. The lowest BCUT2D eigenvalue weighted by Gasteiger charge is -2.48. The molecule has 1 saturated heterocycles. The van der Waals surface area contributed by atoms with E-state index in [4.69, 9.17) is 4.74 Å². The number of ether oxygens (including phenoxy) is 1. The minimum absolute atomic E-state index is 0.121. The van der Waals surface area contributed by atoms with Gasteiger partial charge in [0.15, 0.2) is 0 Å². The first-order valence-corrected chi connectivity index (χ1v) is 7.48. The molecule has 5 heteroatoms. The summed E-state index contributed by atoms with van der Waals surface area (Å²) in [7, 11) is 1.75. The van der Waals surface area contributed by atoms with Crippen molar-refractivity contribution in [2.75, 3.05) is 33.4 Å². The Morgan fingerprint density at radius 3 is 2.33 bits per heavy atom. The summed E-state index contributed by atoms with van der Waals surface area (Å²) in [5.41, 5.74) is -0.252. The van der Waals surface area contributed by atoms with Crippen molar-refractivity contribution in [2.45, 2.75) is 31.8 Å². The van der Waals surface area contributed by atoms with E-state index in [9.17, 15) is 8.78 Å². The molecule has 0 radical (unpaired) electrons. The Hall–Kier alpha value is -1.04. The molecule has 1 fully saturated rings. The zero-order chi connectivity index (χ0) is 15.5. The second-order valence-electron chi connectivity index (χ2n) is 5.67. The quantitative estimate of drug-likeness (QED) is 0.904. The maximum Gasteiger partial charge on any atom is 0.130 e. The van der Waals surface area contributed by atoms with Crippen LogP contribution in [0.25, 0.3) is 0 Å². The van der Waals surface area contributed by atoms with Gasteiger partial charge in [0.25, 0.3) is 0 Å². The maximum absolute atomic E-state index is 14.2. The molecule has 1 N–H and O–H groups in total. The topological polar surface area (TPSA) is 24.5 Å². The average Bonchev–Trinajstić information content (AvgIpc) is 2.51. The Balaban J connectivity index is 2.41. The third-order valence-corrected chi connectivity index (χ3v) is 4.65. The van der Waals surface area contributed by atoms with E-state index in [0.29, 0.717) is 13.2 Å². The number of morpholine rings is 1. The van der Waals surface area contributed by atoms with Crippen molar-refractivity contribution in [3.05, 3.63) is 35.4 Å². The first-order valence-electron chi connectivity index (χ1n) is 7.48. The lowest BCUT2D eigenvalue weighted by atomic mass is 9.82. The number of halogens is 2. The van der Waals surface area contributed by atoms with Crippen LogP contribution in [0.15, 0.2) is 18.2 Å². The van der Waals surface area contributed by atoms with Crippen LogP contribution in [0.2, 0.25) is 0 Å². The first-order chi connectivity index (χ1) is 10.0. The molecule has 1 aromatic carbocycles. The van der Waals surface area contributed by atoms with Crippen molar-refractivity contribution in [3.63, 3.8) is 0 Å². The first kappa shape index (κ1) is 16.3. The van der Waals surface area contributed by atoms with Gasteiger partial charge in [0.1, 0.15) is 11.6 Å². The summed E-state index contributed by atoms with van der Waals surface area (Å²) in [6.07, 6.45) is 0.784. The van der Waals surface area contributed by atoms with Crippen molar-refractivity contribution in [1.29, 1.82) is 0 Å². The number of likely N-dealkylation sites (N-methyl/N-ethyl adjacent to an activating group) is 1. The minimum Gasteiger partial charge on any atom is -0.379 e. The highest BCUT2D eigenvalue weighted by molar-refractivity contribution is 5.27. The summed E-state index contributed by atoms with van der Waals surface area (Å²) < 4.78 is 33.8. The predicted octanol–water partition coefficient (Wildman–Crippen LogP) is 2.73. The standard InChI is InChI=1S/C16H24F2N2O/c1-4-16(2,20-8-10-21-11-9-20)15(19-3)14-12(17)6-5-7-13(14)18/h5-7,15,19H,4,8-11H2,1-3H3. The fourth-order valence-corrected chi connectivity index (χ4v) is 3.24. The van der Waals surface area contributed by atoms with Gasteiger partial charge in [-0.1, -0.05) is 13.0 Å². The van der Waals surface area contributed by atoms with E-state index in [0.717, 1.165) is 19.5 Å². The number of hydrogen-bond acceptors (Lipinski definition) is 3. The third kappa shape index (κ3) is 3.10. The minimum atomic E-state index is -0.498. The van der Waals surface area contributed by atoms with E-state index in [2.05, 4.69) is 24.1 Å². The van der Waals surface area contributed by atoms with Crippen LogP contribution in [0.5, 0.6) is 0 Å². The Morgan fingerprint density at radius 1 is 1.29 bits per heavy atom. The van der Waals surface area contributed by atoms with Gasteiger partial charge in [-0.3, -0.25) is 4.90 Å². The van der Waals surface area contributed by atoms with Gasteiger partial charge < -0.3 is 10.1 Å². The molecule has 2 atom stereocenters. The van der Waals surface area contributed by atoms with E-state index in [1.54, 1.807) is 7.05 Å². The van der Waals surface area contributed by atoms with Gasteiger partial charge in [0, 0.05) is 24.2 Å². The Morgan fingerprint density at radius 2 is 1.86 bits per heavy atom. The van der Waals surface area contributed by atoms with Crippen molar-refractivity contribution in [3.8, 4) is 0 Å². The van der Waals surface area contributed by atoms with Crippen molar-refractivity contribution < 1.29 is 13.5 Å². The van der Waals surface area contributed by atoms with Gasteiger partial charge in [0.2, 0.25) is 0 Å². The summed E-state index contributed by atoms with van der Waals surface area (Å²) in [6, 6.07) is 3.62.